The first-order valence-corrected chi connectivity index (χ1v) is 13.0. The minimum atomic E-state index is -3.60. The van der Waals surface area contributed by atoms with Gasteiger partial charge < -0.3 is 10.1 Å². The highest BCUT2D eigenvalue weighted by atomic mass is 32.2. The minimum absolute atomic E-state index is 0.167. The van der Waals surface area contributed by atoms with E-state index in [0.717, 1.165) is 12.8 Å². The van der Waals surface area contributed by atoms with Crippen LogP contribution in [0.1, 0.15) is 37.2 Å². The standard InChI is InChI=1S/C25H28N4O5S/c1-3-34-21-10-8-20(9-11-21)29-16-14-23(30)24(27-29)25(31)26-19-6-12-22(13-7-19)35(32,33)28-15-4-5-18(2)17-28/h6-14,16,18H,3-5,15,17H2,1-2H3,(H,26,31). The molecule has 184 valence electrons. The Morgan fingerprint density at radius 2 is 1.83 bits per heavy atom. The normalized spacial score (nSPS) is 16.6. The first-order chi connectivity index (χ1) is 16.8. The predicted molar refractivity (Wildman–Crippen MR) is 133 cm³/mol. The zero-order valence-electron chi connectivity index (χ0n) is 19.7. The highest BCUT2D eigenvalue weighted by molar-refractivity contribution is 7.89. The molecule has 1 atom stereocenters. The van der Waals surface area contributed by atoms with Gasteiger partial charge in [0, 0.05) is 31.0 Å². The van der Waals surface area contributed by atoms with Crippen LogP contribution >= 0.6 is 0 Å². The van der Waals surface area contributed by atoms with Crippen molar-refractivity contribution < 1.29 is 17.9 Å². The number of anilines is 1. The second-order valence-electron chi connectivity index (χ2n) is 8.49. The summed E-state index contributed by atoms with van der Waals surface area (Å²) in [5.41, 5.74) is 0.214. The number of sulfonamides is 1. The summed E-state index contributed by atoms with van der Waals surface area (Å²) in [5.74, 6) is 0.341. The van der Waals surface area contributed by atoms with Gasteiger partial charge in [-0.3, -0.25) is 9.59 Å². The van der Waals surface area contributed by atoms with Crippen LogP contribution in [0.5, 0.6) is 5.75 Å². The smallest absolute Gasteiger partial charge is 0.280 e. The molecule has 4 rings (SSSR count). The molecule has 2 heterocycles. The third-order valence-corrected chi connectivity index (χ3v) is 7.68. The Kier molecular flexibility index (Phi) is 7.32. The Labute approximate surface area is 204 Å². The Morgan fingerprint density at radius 1 is 1.11 bits per heavy atom. The molecule has 1 saturated heterocycles. The molecule has 2 aromatic carbocycles. The Bertz CT molecular complexity index is 1350. The van der Waals surface area contributed by atoms with Crippen molar-refractivity contribution in [3.63, 3.8) is 0 Å². The van der Waals surface area contributed by atoms with E-state index >= 15 is 0 Å². The summed E-state index contributed by atoms with van der Waals surface area (Å²) < 4.78 is 34.2. The van der Waals surface area contributed by atoms with Crippen molar-refractivity contribution in [2.45, 2.75) is 31.6 Å². The number of amides is 1. The van der Waals surface area contributed by atoms with Crippen LogP contribution in [0, 0.1) is 5.92 Å². The SMILES string of the molecule is CCOc1ccc(-n2ccc(=O)c(C(=O)Nc3ccc(S(=O)(=O)N4CCCC(C)C4)cc3)n2)cc1. The first-order valence-electron chi connectivity index (χ1n) is 11.5. The highest BCUT2D eigenvalue weighted by Crippen LogP contribution is 2.24. The van der Waals surface area contributed by atoms with E-state index < -0.39 is 21.4 Å². The molecule has 0 bridgehead atoms. The van der Waals surface area contributed by atoms with Crippen molar-refractivity contribution in [1.82, 2.24) is 14.1 Å². The van der Waals surface area contributed by atoms with Crippen LogP contribution in [-0.4, -0.2) is 48.1 Å². The van der Waals surface area contributed by atoms with Gasteiger partial charge >= 0.3 is 0 Å². The van der Waals surface area contributed by atoms with E-state index in [2.05, 4.69) is 10.4 Å². The number of ether oxygens (including phenoxy) is 1. The summed E-state index contributed by atoms with van der Waals surface area (Å²) in [4.78, 5) is 25.3. The molecule has 1 aliphatic rings. The van der Waals surface area contributed by atoms with Crippen LogP contribution in [0.2, 0.25) is 0 Å². The van der Waals surface area contributed by atoms with Gasteiger partial charge in [-0.25, -0.2) is 13.1 Å². The lowest BCUT2D eigenvalue weighted by atomic mass is 10.0. The largest absolute Gasteiger partial charge is 0.494 e. The summed E-state index contributed by atoms with van der Waals surface area (Å²) in [6.07, 6.45) is 3.34. The van der Waals surface area contributed by atoms with Gasteiger partial charge in [0.05, 0.1) is 17.2 Å². The van der Waals surface area contributed by atoms with Crippen LogP contribution in [-0.2, 0) is 10.0 Å². The molecule has 1 fully saturated rings. The van der Waals surface area contributed by atoms with Gasteiger partial charge in [0.1, 0.15) is 5.75 Å². The maximum atomic E-state index is 12.9. The lowest BCUT2D eigenvalue weighted by Gasteiger charge is -2.30. The van der Waals surface area contributed by atoms with E-state index in [1.807, 2.05) is 13.8 Å². The van der Waals surface area contributed by atoms with Gasteiger partial charge in [0.2, 0.25) is 15.5 Å². The summed E-state index contributed by atoms with van der Waals surface area (Å²) in [6, 6.07) is 14.3. The van der Waals surface area contributed by atoms with Gasteiger partial charge in [-0.15, -0.1) is 0 Å². The molecule has 1 unspecified atom stereocenters. The second kappa shape index (κ2) is 10.4. The second-order valence-corrected chi connectivity index (χ2v) is 10.4. The highest BCUT2D eigenvalue weighted by Gasteiger charge is 2.28. The summed E-state index contributed by atoms with van der Waals surface area (Å²) >= 11 is 0. The topological polar surface area (TPSA) is 111 Å². The van der Waals surface area contributed by atoms with Crippen molar-refractivity contribution >= 4 is 21.6 Å². The Balaban J connectivity index is 1.50. The van der Waals surface area contributed by atoms with Gasteiger partial charge in [-0.2, -0.15) is 9.40 Å². The number of hydrogen-bond donors (Lipinski definition) is 1. The van der Waals surface area contributed by atoms with Crippen LogP contribution in [0.25, 0.3) is 5.69 Å². The fourth-order valence-electron chi connectivity index (χ4n) is 3.98. The molecule has 9 nitrogen and oxygen atoms in total. The zero-order valence-corrected chi connectivity index (χ0v) is 20.5. The van der Waals surface area contributed by atoms with E-state index in [9.17, 15) is 18.0 Å². The minimum Gasteiger partial charge on any atom is -0.494 e. The Morgan fingerprint density at radius 3 is 2.49 bits per heavy atom. The van der Waals surface area contributed by atoms with Gasteiger partial charge in [0.25, 0.3) is 5.91 Å². The molecule has 1 N–H and O–H groups in total. The molecule has 0 radical (unpaired) electrons. The zero-order chi connectivity index (χ0) is 25.0. The lowest BCUT2D eigenvalue weighted by Crippen LogP contribution is -2.39. The van der Waals surface area contributed by atoms with E-state index in [1.165, 1.54) is 45.5 Å². The molecular formula is C25H28N4O5S. The number of rotatable bonds is 7. The molecule has 0 aliphatic carbocycles. The van der Waals surface area contributed by atoms with Crippen molar-refractivity contribution in [3.8, 4) is 11.4 Å². The Hall–Kier alpha value is -3.50. The van der Waals surface area contributed by atoms with E-state index in [1.54, 1.807) is 24.3 Å². The number of carbonyl (C=O) groups is 1. The third kappa shape index (κ3) is 5.60. The van der Waals surface area contributed by atoms with E-state index in [0.29, 0.717) is 42.7 Å². The molecule has 10 heteroatoms. The molecule has 1 aromatic heterocycles. The number of benzene rings is 2. The fraction of sp³-hybridized carbons (Fsp3) is 0.320. The lowest BCUT2D eigenvalue weighted by molar-refractivity contribution is 0.101. The quantitative estimate of drug-likeness (QED) is 0.537. The maximum absolute atomic E-state index is 12.9. The van der Waals surface area contributed by atoms with Crippen molar-refractivity contribution in [1.29, 1.82) is 0 Å². The number of hydrogen-bond acceptors (Lipinski definition) is 6. The molecule has 0 spiro atoms. The summed E-state index contributed by atoms with van der Waals surface area (Å²) in [5, 5.41) is 6.81. The number of piperidine rings is 1. The van der Waals surface area contributed by atoms with Crippen LogP contribution < -0.4 is 15.5 Å². The monoisotopic (exact) mass is 496 g/mol. The molecule has 1 aliphatic heterocycles. The van der Waals surface area contributed by atoms with Crippen molar-refractivity contribution in [2.24, 2.45) is 5.92 Å². The van der Waals surface area contributed by atoms with Crippen LogP contribution in [0.15, 0.2) is 70.5 Å². The number of nitrogens with one attached hydrogen (secondary N) is 1. The maximum Gasteiger partial charge on any atom is 0.280 e. The summed E-state index contributed by atoms with van der Waals surface area (Å²) in [7, 11) is -3.60. The van der Waals surface area contributed by atoms with Crippen molar-refractivity contribution in [3.05, 3.63) is 76.7 Å². The predicted octanol–water partition coefficient (Wildman–Crippen LogP) is 3.30. The molecule has 35 heavy (non-hydrogen) atoms. The average Bonchev–Trinajstić information content (AvgIpc) is 2.85. The first kappa shape index (κ1) is 24.6. The van der Waals surface area contributed by atoms with E-state index in [4.69, 9.17) is 4.74 Å². The van der Waals surface area contributed by atoms with Crippen LogP contribution in [0.4, 0.5) is 5.69 Å². The summed E-state index contributed by atoms with van der Waals surface area (Å²) in [6.45, 7) is 5.49. The van der Waals surface area contributed by atoms with Gasteiger partial charge in [-0.1, -0.05) is 6.92 Å². The average molecular weight is 497 g/mol. The fourth-order valence-corrected chi connectivity index (χ4v) is 5.58. The third-order valence-electron chi connectivity index (χ3n) is 5.81. The number of carbonyl (C=O) groups excluding carboxylic acids is 1. The van der Waals surface area contributed by atoms with Gasteiger partial charge in [-0.05, 0) is 74.2 Å². The van der Waals surface area contributed by atoms with Crippen LogP contribution in [0.3, 0.4) is 0 Å². The van der Waals surface area contributed by atoms with E-state index in [-0.39, 0.29) is 10.6 Å². The number of aromatic nitrogens is 2. The molecular weight excluding hydrogens is 468 g/mol. The molecule has 0 saturated carbocycles. The molecule has 3 aromatic rings. The van der Waals surface area contributed by atoms with Crippen molar-refractivity contribution in [2.75, 3.05) is 25.0 Å². The van der Waals surface area contributed by atoms with Gasteiger partial charge in [0.15, 0.2) is 5.69 Å². The molecule has 1 amide bonds. The number of nitrogens with zero attached hydrogens (tertiary/aromatic N) is 3.